The van der Waals surface area contributed by atoms with Gasteiger partial charge in [-0.05, 0) is 12.8 Å². The number of ketones is 1. The van der Waals surface area contributed by atoms with Crippen LogP contribution < -0.4 is 0 Å². The van der Waals surface area contributed by atoms with Gasteiger partial charge >= 0.3 is 5.97 Å². The summed E-state index contributed by atoms with van der Waals surface area (Å²) in [5.74, 6) is -0.696. The van der Waals surface area contributed by atoms with Crippen molar-refractivity contribution in [3.05, 3.63) is 11.6 Å². The zero-order chi connectivity index (χ0) is 13.1. The fraction of sp³-hybridized carbons (Fsp3) is 0.692. The molecular formula is C13H21BrO3. The third-order valence-corrected chi connectivity index (χ3v) is 2.77. The van der Waals surface area contributed by atoms with Crippen LogP contribution in [0.15, 0.2) is 11.6 Å². The van der Waals surface area contributed by atoms with Gasteiger partial charge in [0.05, 0.1) is 17.5 Å². The summed E-state index contributed by atoms with van der Waals surface area (Å²) in [5.41, 5.74) is 0.181. The van der Waals surface area contributed by atoms with E-state index < -0.39 is 5.97 Å². The number of alkyl halides is 1. The molecule has 0 saturated heterocycles. The molecule has 98 valence electrons. The van der Waals surface area contributed by atoms with Crippen molar-refractivity contribution in [1.82, 2.24) is 0 Å². The minimum Gasteiger partial charge on any atom is -0.462 e. The molecule has 0 spiro atoms. The number of hydrogen-bond donors (Lipinski definition) is 0. The van der Waals surface area contributed by atoms with E-state index in [1.54, 1.807) is 6.08 Å². The molecule has 0 aliphatic carbocycles. The maximum atomic E-state index is 11.7. The van der Waals surface area contributed by atoms with E-state index in [1.807, 2.05) is 6.92 Å². The molecule has 0 aromatic rings. The van der Waals surface area contributed by atoms with E-state index >= 15 is 0 Å². The lowest BCUT2D eigenvalue weighted by Gasteiger charge is -2.06. The number of hydrogen-bond acceptors (Lipinski definition) is 3. The van der Waals surface area contributed by atoms with Crippen LogP contribution in [-0.2, 0) is 14.3 Å². The first kappa shape index (κ1) is 16.4. The molecule has 0 aromatic carbocycles. The Bertz CT molecular complexity index is 272. The van der Waals surface area contributed by atoms with E-state index in [2.05, 4.69) is 22.9 Å². The quantitative estimate of drug-likeness (QED) is 0.164. The molecule has 0 aliphatic rings. The highest BCUT2D eigenvalue weighted by atomic mass is 79.9. The average molecular weight is 305 g/mol. The molecule has 0 bridgehead atoms. The van der Waals surface area contributed by atoms with Crippen LogP contribution in [0.1, 0.15) is 46.0 Å². The maximum Gasteiger partial charge on any atom is 0.341 e. The van der Waals surface area contributed by atoms with Gasteiger partial charge < -0.3 is 4.74 Å². The lowest BCUT2D eigenvalue weighted by molar-refractivity contribution is -0.140. The van der Waals surface area contributed by atoms with Crippen molar-refractivity contribution in [3.63, 3.8) is 0 Å². The van der Waals surface area contributed by atoms with Crippen LogP contribution in [0.25, 0.3) is 0 Å². The van der Waals surface area contributed by atoms with Gasteiger partial charge in [0.25, 0.3) is 0 Å². The molecule has 0 rings (SSSR count). The van der Waals surface area contributed by atoms with Gasteiger partial charge in [0, 0.05) is 0 Å². The standard InChI is InChI=1S/C13H21BrO3/c1-3-5-7-9-17-13(16)11(8-6-4-2)12(15)10-14/h8H,3-7,9-10H2,1-2H3. The van der Waals surface area contributed by atoms with E-state index in [4.69, 9.17) is 4.74 Å². The van der Waals surface area contributed by atoms with Crippen LogP contribution in [0, 0.1) is 0 Å². The van der Waals surface area contributed by atoms with Crippen LogP contribution in [-0.4, -0.2) is 23.7 Å². The molecule has 0 unspecified atom stereocenters. The van der Waals surface area contributed by atoms with Crippen molar-refractivity contribution >= 4 is 27.7 Å². The second-order valence-corrected chi connectivity index (χ2v) is 4.37. The van der Waals surface area contributed by atoms with Crippen molar-refractivity contribution in [2.75, 3.05) is 11.9 Å². The Labute approximate surface area is 112 Å². The predicted molar refractivity (Wildman–Crippen MR) is 72.3 cm³/mol. The van der Waals surface area contributed by atoms with Crippen molar-refractivity contribution < 1.29 is 14.3 Å². The number of ether oxygens (including phenoxy) is 1. The van der Waals surface area contributed by atoms with Crippen LogP contribution >= 0.6 is 15.9 Å². The highest BCUT2D eigenvalue weighted by Gasteiger charge is 2.17. The third kappa shape index (κ3) is 7.31. The summed E-state index contributed by atoms with van der Waals surface area (Å²) in [6.07, 6.45) is 6.27. The number of halogens is 1. The van der Waals surface area contributed by atoms with E-state index in [9.17, 15) is 9.59 Å². The minimum absolute atomic E-state index is 0.159. The molecule has 4 heteroatoms. The Kier molecular flexibility index (Phi) is 10.1. The number of unbranched alkanes of at least 4 members (excludes halogenated alkanes) is 3. The summed E-state index contributed by atoms with van der Waals surface area (Å²) in [6.45, 7) is 4.48. The fourth-order valence-electron chi connectivity index (χ4n) is 1.27. The van der Waals surface area contributed by atoms with Gasteiger partial charge in [0.1, 0.15) is 0 Å². The van der Waals surface area contributed by atoms with Crippen LogP contribution in [0.4, 0.5) is 0 Å². The normalized spacial score (nSPS) is 11.4. The number of carbonyl (C=O) groups is 2. The summed E-state index contributed by atoms with van der Waals surface area (Å²) in [4.78, 5) is 23.2. The monoisotopic (exact) mass is 304 g/mol. The van der Waals surface area contributed by atoms with Crippen molar-refractivity contribution in [1.29, 1.82) is 0 Å². The van der Waals surface area contributed by atoms with E-state index in [-0.39, 0.29) is 16.7 Å². The van der Waals surface area contributed by atoms with E-state index in [0.717, 1.165) is 32.1 Å². The highest BCUT2D eigenvalue weighted by molar-refractivity contribution is 9.09. The molecule has 0 saturated carbocycles. The second kappa shape index (κ2) is 10.5. The van der Waals surface area contributed by atoms with Gasteiger partial charge in [-0.25, -0.2) is 4.79 Å². The summed E-state index contributed by atoms with van der Waals surface area (Å²) in [5, 5.41) is 0.159. The van der Waals surface area contributed by atoms with Gasteiger partial charge in [-0.15, -0.1) is 0 Å². The maximum absolute atomic E-state index is 11.7. The first-order valence-electron chi connectivity index (χ1n) is 6.13. The van der Waals surface area contributed by atoms with E-state index in [0.29, 0.717) is 6.61 Å². The lowest BCUT2D eigenvalue weighted by atomic mass is 10.1. The average Bonchev–Trinajstić information content (AvgIpc) is 2.34. The summed E-state index contributed by atoms with van der Waals surface area (Å²) < 4.78 is 5.08. The number of esters is 1. The Morgan fingerprint density at radius 3 is 2.41 bits per heavy atom. The largest absolute Gasteiger partial charge is 0.462 e. The molecular weight excluding hydrogens is 284 g/mol. The topological polar surface area (TPSA) is 43.4 Å². The second-order valence-electron chi connectivity index (χ2n) is 3.81. The van der Waals surface area contributed by atoms with Gasteiger partial charge in [-0.1, -0.05) is 55.1 Å². The number of Topliss-reactive ketones (excluding diaryl/α,β-unsaturated/α-hetero) is 1. The highest BCUT2D eigenvalue weighted by Crippen LogP contribution is 2.07. The molecule has 3 nitrogen and oxygen atoms in total. The number of rotatable bonds is 9. The smallest absolute Gasteiger partial charge is 0.341 e. The zero-order valence-corrected chi connectivity index (χ0v) is 12.2. The first-order chi connectivity index (χ1) is 8.17. The Hall–Kier alpha value is -0.640. The molecule has 0 heterocycles. The molecule has 0 fully saturated rings. The third-order valence-electron chi connectivity index (χ3n) is 2.26. The predicted octanol–water partition coefficient (Wildman–Crippen LogP) is 3.41. The van der Waals surface area contributed by atoms with Crippen LogP contribution in [0.5, 0.6) is 0 Å². The zero-order valence-electron chi connectivity index (χ0n) is 10.6. The Morgan fingerprint density at radius 1 is 1.18 bits per heavy atom. The van der Waals surface area contributed by atoms with Crippen LogP contribution in [0.3, 0.4) is 0 Å². The molecule has 0 radical (unpaired) electrons. The first-order valence-corrected chi connectivity index (χ1v) is 7.25. The summed E-state index contributed by atoms with van der Waals surface area (Å²) in [7, 11) is 0. The van der Waals surface area contributed by atoms with Gasteiger partial charge in [-0.2, -0.15) is 0 Å². The van der Waals surface area contributed by atoms with Crippen molar-refractivity contribution in [2.45, 2.75) is 46.0 Å². The fourth-order valence-corrected chi connectivity index (χ4v) is 1.57. The van der Waals surface area contributed by atoms with E-state index in [1.165, 1.54) is 0 Å². The molecule has 0 amide bonds. The van der Waals surface area contributed by atoms with Gasteiger partial charge in [-0.3, -0.25) is 4.79 Å². The molecule has 0 aromatic heterocycles. The number of allylic oxidation sites excluding steroid dienone is 1. The van der Waals surface area contributed by atoms with Gasteiger partial charge in [0.2, 0.25) is 0 Å². The van der Waals surface area contributed by atoms with Crippen LogP contribution in [0.2, 0.25) is 0 Å². The number of carbonyl (C=O) groups excluding carboxylic acids is 2. The molecule has 0 atom stereocenters. The molecule has 17 heavy (non-hydrogen) atoms. The minimum atomic E-state index is -0.487. The summed E-state index contributed by atoms with van der Waals surface area (Å²) >= 11 is 3.07. The molecule has 0 aliphatic heterocycles. The van der Waals surface area contributed by atoms with Gasteiger partial charge in [0.15, 0.2) is 5.78 Å². The Balaban J connectivity index is 4.28. The summed E-state index contributed by atoms with van der Waals surface area (Å²) in [6, 6.07) is 0. The van der Waals surface area contributed by atoms with Crippen molar-refractivity contribution in [2.24, 2.45) is 0 Å². The van der Waals surface area contributed by atoms with Crippen molar-refractivity contribution in [3.8, 4) is 0 Å². The lowest BCUT2D eigenvalue weighted by Crippen LogP contribution is -2.17. The Morgan fingerprint density at radius 2 is 1.88 bits per heavy atom. The molecule has 0 N–H and O–H groups in total. The SMILES string of the molecule is CCCC=C(C(=O)CBr)C(=O)OCCCCC.